The number of H-pyrrole nitrogens is 1. The molecule has 3 amide bonds. The number of aromatic nitrogens is 1. The van der Waals surface area contributed by atoms with E-state index in [4.69, 9.17) is 0 Å². The van der Waals surface area contributed by atoms with Gasteiger partial charge >= 0.3 is 6.03 Å². The minimum absolute atomic E-state index is 0.105. The maximum atomic E-state index is 12.3. The molecule has 2 aliphatic heterocycles. The molecule has 19 heavy (non-hydrogen) atoms. The standard InChI is InChI=1S/C14H13N3O2/c1-16-13(18)9-6-17(14(16)19)7-11-12(9)8-4-2-3-5-10(8)15-11/h2-5,9,15H,6-7H2,1H3/t9-/m0/s1. The third-order valence-corrected chi connectivity index (χ3v) is 4.11. The first kappa shape index (κ1) is 10.6. The topological polar surface area (TPSA) is 56.4 Å². The quantitative estimate of drug-likeness (QED) is 0.778. The van der Waals surface area contributed by atoms with Crippen molar-refractivity contribution in [1.29, 1.82) is 0 Å². The maximum absolute atomic E-state index is 12.3. The number of urea groups is 1. The van der Waals surface area contributed by atoms with Crippen LogP contribution in [0, 0.1) is 0 Å². The molecule has 2 bridgehead atoms. The van der Waals surface area contributed by atoms with Gasteiger partial charge in [0.2, 0.25) is 5.91 Å². The van der Waals surface area contributed by atoms with E-state index in [0.717, 1.165) is 22.2 Å². The second-order valence-corrected chi connectivity index (χ2v) is 5.18. The van der Waals surface area contributed by atoms with Crippen LogP contribution < -0.4 is 0 Å². The van der Waals surface area contributed by atoms with Crippen LogP contribution in [0.2, 0.25) is 0 Å². The van der Waals surface area contributed by atoms with Gasteiger partial charge in [-0.25, -0.2) is 4.79 Å². The summed E-state index contributed by atoms with van der Waals surface area (Å²) in [5.74, 6) is -0.338. The number of nitrogens with one attached hydrogen (secondary N) is 1. The van der Waals surface area contributed by atoms with Gasteiger partial charge in [0.15, 0.2) is 0 Å². The van der Waals surface area contributed by atoms with Gasteiger partial charge in [-0.3, -0.25) is 9.69 Å². The summed E-state index contributed by atoms with van der Waals surface area (Å²) in [6.45, 7) is 1.05. The number of benzene rings is 1. The van der Waals surface area contributed by atoms with Crippen LogP contribution in [0.1, 0.15) is 17.2 Å². The molecule has 1 atom stereocenters. The smallest absolute Gasteiger partial charge is 0.326 e. The van der Waals surface area contributed by atoms with E-state index in [1.54, 1.807) is 11.9 Å². The van der Waals surface area contributed by atoms with Crippen LogP contribution in [0.3, 0.4) is 0 Å². The molecule has 0 radical (unpaired) electrons. The molecule has 1 N–H and O–H groups in total. The molecule has 96 valence electrons. The molecule has 0 unspecified atom stereocenters. The molecule has 1 aromatic carbocycles. The molecule has 0 spiro atoms. The normalized spacial score (nSPS) is 22.1. The summed E-state index contributed by atoms with van der Waals surface area (Å²) in [5, 5.41) is 1.10. The monoisotopic (exact) mass is 255 g/mol. The summed E-state index contributed by atoms with van der Waals surface area (Å²) in [7, 11) is 1.56. The lowest BCUT2D eigenvalue weighted by Crippen LogP contribution is -2.55. The van der Waals surface area contributed by atoms with Crippen LogP contribution in [0.25, 0.3) is 10.9 Å². The molecule has 5 nitrogen and oxygen atoms in total. The maximum Gasteiger partial charge on any atom is 0.326 e. The fourth-order valence-electron chi connectivity index (χ4n) is 3.20. The van der Waals surface area contributed by atoms with Gasteiger partial charge in [0.1, 0.15) is 0 Å². The summed E-state index contributed by atoms with van der Waals surface area (Å²) < 4.78 is 0. The molecule has 0 aliphatic carbocycles. The highest BCUT2D eigenvalue weighted by Gasteiger charge is 2.43. The molecule has 1 fully saturated rings. The van der Waals surface area contributed by atoms with Crippen molar-refractivity contribution in [3.63, 3.8) is 0 Å². The number of aromatic amines is 1. The summed E-state index contributed by atoms with van der Waals surface area (Å²) in [6.07, 6.45) is 0. The Morgan fingerprint density at radius 2 is 2.05 bits per heavy atom. The third kappa shape index (κ3) is 1.24. The third-order valence-electron chi connectivity index (χ3n) is 4.11. The molecular weight excluding hydrogens is 242 g/mol. The van der Waals surface area contributed by atoms with Gasteiger partial charge in [0.05, 0.1) is 12.5 Å². The first-order chi connectivity index (χ1) is 9.16. The molecule has 3 heterocycles. The molecule has 2 aromatic rings. The highest BCUT2D eigenvalue weighted by Crippen LogP contribution is 2.38. The highest BCUT2D eigenvalue weighted by atomic mass is 16.2. The number of carbonyl (C=O) groups is 2. The predicted molar refractivity (Wildman–Crippen MR) is 69.6 cm³/mol. The van der Waals surface area contributed by atoms with E-state index in [-0.39, 0.29) is 17.9 Å². The van der Waals surface area contributed by atoms with Gasteiger partial charge in [-0.15, -0.1) is 0 Å². The van der Waals surface area contributed by atoms with Crippen LogP contribution >= 0.6 is 0 Å². The Morgan fingerprint density at radius 1 is 1.26 bits per heavy atom. The van der Waals surface area contributed by atoms with E-state index in [1.807, 2.05) is 24.3 Å². The first-order valence-electron chi connectivity index (χ1n) is 6.33. The van der Waals surface area contributed by atoms with Gasteiger partial charge in [0, 0.05) is 30.2 Å². The van der Waals surface area contributed by atoms with Gasteiger partial charge < -0.3 is 9.88 Å². The summed E-state index contributed by atoms with van der Waals surface area (Å²) in [5.41, 5.74) is 3.09. The number of nitrogens with zero attached hydrogens (tertiary/aromatic N) is 2. The van der Waals surface area contributed by atoms with E-state index < -0.39 is 0 Å². The van der Waals surface area contributed by atoms with E-state index in [2.05, 4.69) is 4.98 Å². The van der Waals surface area contributed by atoms with Crippen molar-refractivity contribution in [1.82, 2.24) is 14.8 Å². The van der Waals surface area contributed by atoms with Crippen molar-refractivity contribution in [2.75, 3.05) is 13.6 Å². The Labute approximate surface area is 109 Å². The van der Waals surface area contributed by atoms with Crippen LogP contribution in [0.5, 0.6) is 0 Å². The number of hydrogen-bond acceptors (Lipinski definition) is 2. The number of amides is 3. The van der Waals surface area contributed by atoms with E-state index in [1.165, 1.54) is 4.90 Å². The lowest BCUT2D eigenvalue weighted by Gasteiger charge is -2.40. The van der Waals surface area contributed by atoms with Crippen molar-refractivity contribution in [3.05, 3.63) is 35.5 Å². The second-order valence-electron chi connectivity index (χ2n) is 5.18. The van der Waals surface area contributed by atoms with Crippen molar-refractivity contribution in [2.45, 2.75) is 12.5 Å². The van der Waals surface area contributed by atoms with Gasteiger partial charge in [-0.2, -0.15) is 0 Å². The van der Waals surface area contributed by atoms with Crippen molar-refractivity contribution in [3.8, 4) is 0 Å². The van der Waals surface area contributed by atoms with E-state index >= 15 is 0 Å². The zero-order valence-electron chi connectivity index (χ0n) is 10.5. The number of likely N-dealkylation sites (N-methyl/N-ethyl adjacent to an activating group) is 1. The Kier molecular flexibility index (Phi) is 1.88. The lowest BCUT2D eigenvalue weighted by molar-refractivity contribution is -0.132. The number of carbonyl (C=O) groups excluding carboxylic acids is 2. The van der Waals surface area contributed by atoms with Crippen LogP contribution in [-0.2, 0) is 11.3 Å². The minimum Gasteiger partial charge on any atom is -0.357 e. The molecule has 1 aromatic heterocycles. The first-order valence-corrected chi connectivity index (χ1v) is 6.33. The zero-order valence-corrected chi connectivity index (χ0v) is 10.5. The number of rotatable bonds is 0. The van der Waals surface area contributed by atoms with E-state index in [0.29, 0.717) is 13.1 Å². The largest absolute Gasteiger partial charge is 0.357 e. The van der Waals surface area contributed by atoms with Crippen LogP contribution in [-0.4, -0.2) is 40.3 Å². The van der Waals surface area contributed by atoms with Gasteiger partial charge in [-0.1, -0.05) is 18.2 Å². The second kappa shape index (κ2) is 3.38. The lowest BCUT2D eigenvalue weighted by atomic mass is 9.89. The van der Waals surface area contributed by atoms with Crippen molar-refractivity contribution >= 4 is 22.8 Å². The van der Waals surface area contributed by atoms with Crippen LogP contribution in [0.15, 0.2) is 24.3 Å². The van der Waals surface area contributed by atoms with E-state index in [9.17, 15) is 9.59 Å². The highest BCUT2D eigenvalue weighted by molar-refractivity contribution is 6.03. The molecule has 1 saturated heterocycles. The van der Waals surface area contributed by atoms with Gasteiger partial charge in [-0.05, 0) is 11.6 Å². The fraction of sp³-hybridized carbons (Fsp3) is 0.286. The number of fused-ring (bicyclic) bond motifs is 6. The number of imide groups is 1. The van der Waals surface area contributed by atoms with Gasteiger partial charge in [0.25, 0.3) is 0 Å². The molecule has 2 aliphatic rings. The summed E-state index contributed by atoms with van der Waals surface area (Å²) >= 11 is 0. The molecule has 0 saturated carbocycles. The zero-order chi connectivity index (χ0) is 13.1. The molecule has 4 rings (SSSR count). The summed E-state index contributed by atoms with van der Waals surface area (Å²) in [4.78, 5) is 30.6. The number of para-hydroxylation sites is 1. The fourth-order valence-corrected chi connectivity index (χ4v) is 3.20. The Hall–Kier alpha value is -2.30. The summed E-state index contributed by atoms with van der Waals surface area (Å²) in [6, 6.07) is 7.78. The van der Waals surface area contributed by atoms with Crippen molar-refractivity contribution < 1.29 is 9.59 Å². The average Bonchev–Trinajstić information content (AvgIpc) is 2.80. The van der Waals surface area contributed by atoms with Crippen LogP contribution in [0.4, 0.5) is 4.79 Å². The number of hydrogen-bond donors (Lipinski definition) is 1. The molecule has 5 heteroatoms. The Bertz CT molecular complexity index is 719. The van der Waals surface area contributed by atoms with Crippen molar-refractivity contribution in [2.24, 2.45) is 0 Å². The SMILES string of the molecule is CN1C(=O)[C@H]2CN(Cc3[nH]c4ccccc4c32)C1=O. The Morgan fingerprint density at radius 3 is 2.89 bits per heavy atom. The predicted octanol–water partition coefficient (Wildman–Crippen LogP) is 1.66. The molecular formula is C14H13N3O2. The average molecular weight is 255 g/mol. The minimum atomic E-state index is -0.234. The Balaban J connectivity index is 1.98.